The Morgan fingerprint density at radius 2 is 0.852 bits per heavy atom. The van der Waals surface area contributed by atoms with Crippen LogP contribution in [0.4, 0.5) is 38.9 Å². The van der Waals surface area contributed by atoms with Gasteiger partial charge in [-0.15, -0.1) is 0 Å². The first kappa shape index (κ1) is 43.6. The van der Waals surface area contributed by atoms with Gasteiger partial charge in [-0.1, -0.05) is 103 Å². The molecule has 0 unspecified atom stereocenters. The summed E-state index contributed by atoms with van der Waals surface area (Å²) in [6.45, 7) is 1.15. The van der Waals surface area contributed by atoms with Crippen LogP contribution in [0.1, 0.15) is 36.6 Å². The molecule has 6 aromatic rings. The molecule has 0 aliphatic carbocycles. The topological polar surface area (TPSA) is 77.5 Å². The van der Waals surface area contributed by atoms with Crippen LogP contribution in [0.15, 0.2) is 158 Å². The Kier molecular flexibility index (Phi) is 17.0. The average molecular weight is 729 g/mol. The summed E-state index contributed by atoms with van der Waals surface area (Å²) in [6, 6.07) is 52.3. The second-order valence-corrected chi connectivity index (χ2v) is 11.2. The summed E-state index contributed by atoms with van der Waals surface area (Å²) in [4.78, 5) is 27.5. The molecule has 0 N–H and O–H groups in total. The van der Waals surface area contributed by atoms with Crippen LogP contribution in [-0.4, -0.2) is 32.4 Å². The zero-order valence-electron chi connectivity index (χ0n) is 27.8. The fourth-order valence-electron chi connectivity index (χ4n) is 5.53. The lowest BCUT2D eigenvalue weighted by Crippen LogP contribution is -2.16. The maximum Gasteiger partial charge on any atom is 0.513 e. The van der Waals surface area contributed by atoms with Crippen LogP contribution in [0.2, 0.25) is 0 Å². The smallest absolute Gasteiger partial charge is 0.497 e. The van der Waals surface area contributed by atoms with E-state index in [2.05, 4.69) is 76.5 Å². The Bertz CT molecular complexity index is 2020. The average Bonchev–Trinajstić information content (AvgIpc) is 3.15. The quantitative estimate of drug-likeness (QED) is 0.0700. The minimum absolute atomic E-state index is 0. The second-order valence-electron chi connectivity index (χ2n) is 11.2. The molecule has 0 radical (unpaired) electrons. The number of carbonyl (C=O) groups excluding carboxylic acids is 2. The molecule has 282 valence electrons. The number of benzene rings is 6. The molecule has 0 atom stereocenters. The SMILES string of the molecule is C.C.C.C.COc1cccc(N(c2ccccc2)c2ccc(-c3ccc(N(c4ccccc4)c4cccc(OC(=O)OCCOC(C)=O)c4)cc3)cc2)c1. The Hall–Kier alpha value is -6.54. The molecule has 6 rings (SSSR count). The van der Waals surface area contributed by atoms with E-state index in [9.17, 15) is 9.59 Å². The van der Waals surface area contributed by atoms with Crippen LogP contribution >= 0.6 is 0 Å². The zero-order chi connectivity index (χ0) is 34.7. The highest BCUT2D eigenvalue weighted by molar-refractivity contribution is 5.81. The number of hydrogen-bond donors (Lipinski definition) is 0. The molecule has 0 amide bonds. The molecule has 6 aromatic carbocycles. The van der Waals surface area contributed by atoms with Gasteiger partial charge in [-0.25, -0.2) is 4.79 Å². The standard InChI is InChI=1S/C42H36N2O6.4CH4/c1-31(45)48-27-28-49-42(46)50-41-18-10-16-39(30-41)44(35-13-7-4-8-14-35)37-25-21-33(22-26-37)32-19-23-36(24-20-32)43(34-11-5-3-6-12-34)38-15-9-17-40(29-38)47-2;;;;/h3-26,29-30H,27-28H2,1-2H3;4*1H4. The summed E-state index contributed by atoms with van der Waals surface area (Å²) in [5.74, 6) is 0.660. The Morgan fingerprint density at radius 3 is 1.30 bits per heavy atom. The van der Waals surface area contributed by atoms with Crippen molar-refractivity contribution in [3.05, 3.63) is 158 Å². The molecule has 54 heavy (non-hydrogen) atoms. The maximum absolute atomic E-state index is 12.3. The lowest BCUT2D eigenvalue weighted by atomic mass is 10.0. The zero-order valence-corrected chi connectivity index (χ0v) is 27.8. The fourth-order valence-corrected chi connectivity index (χ4v) is 5.53. The lowest BCUT2D eigenvalue weighted by molar-refractivity contribution is -0.142. The van der Waals surface area contributed by atoms with E-state index in [-0.39, 0.29) is 42.9 Å². The van der Waals surface area contributed by atoms with E-state index in [1.807, 2.05) is 78.9 Å². The number of nitrogens with zero attached hydrogens (tertiary/aromatic N) is 2. The molecule has 0 aromatic heterocycles. The van der Waals surface area contributed by atoms with Crippen LogP contribution in [0.3, 0.4) is 0 Å². The Morgan fingerprint density at radius 1 is 0.463 bits per heavy atom. The predicted octanol–water partition coefficient (Wildman–Crippen LogP) is 12.9. The van der Waals surface area contributed by atoms with Crippen LogP contribution in [0, 0.1) is 0 Å². The molecule has 0 heterocycles. The second kappa shape index (κ2) is 21.1. The molecular formula is C46H52N2O6. The van der Waals surface area contributed by atoms with E-state index in [1.165, 1.54) is 6.92 Å². The monoisotopic (exact) mass is 728 g/mol. The lowest BCUT2D eigenvalue weighted by Gasteiger charge is -2.26. The fraction of sp³-hybridized carbons (Fsp3) is 0.174. The van der Waals surface area contributed by atoms with E-state index < -0.39 is 12.1 Å². The van der Waals surface area contributed by atoms with Crippen molar-refractivity contribution in [1.82, 2.24) is 0 Å². The van der Waals surface area contributed by atoms with E-state index in [1.54, 1.807) is 19.2 Å². The van der Waals surface area contributed by atoms with Crippen LogP contribution in [-0.2, 0) is 14.3 Å². The largest absolute Gasteiger partial charge is 0.513 e. The number of rotatable bonds is 12. The number of ether oxygens (including phenoxy) is 4. The minimum Gasteiger partial charge on any atom is -0.497 e. The van der Waals surface area contributed by atoms with Gasteiger partial charge in [0.2, 0.25) is 0 Å². The molecule has 0 spiro atoms. The van der Waals surface area contributed by atoms with Gasteiger partial charge in [0.15, 0.2) is 0 Å². The molecule has 0 bridgehead atoms. The Balaban J connectivity index is 0.00000252. The van der Waals surface area contributed by atoms with Gasteiger partial charge in [0, 0.05) is 53.2 Å². The van der Waals surface area contributed by atoms with Gasteiger partial charge in [-0.3, -0.25) is 4.79 Å². The minimum atomic E-state index is -0.883. The van der Waals surface area contributed by atoms with Gasteiger partial charge in [-0.05, 0) is 83.9 Å². The van der Waals surface area contributed by atoms with Gasteiger partial charge in [0.25, 0.3) is 0 Å². The van der Waals surface area contributed by atoms with Crippen molar-refractivity contribution in [3.8, 4) is 22.6 Å². The van der Waals surface area contributed by atoms with Gasteiger partial charge < -0.3 is 28.7 Å². The number of hydrogen-bond acceptors (Lipinski definition) is 8. The summed E-state index contributed by atoms with van der Waals surface area (Å²) >= 11 is 0. The number of anilines is 6. The maximum atomic E-state index is 12.3. The normalized spacial score (nSPS) is 9.74. The van der Waals surface area contributed by atoms with E-state index in [4.69, 9.17) is 18.9 Å². The van der Waals surface area contributed by atoms with Gasteiger partial charge in [-0.2, -0.15) is 0 Å². The van der Waals surface area contributed by atoms with E-state index in [0.29, 0.717) is 5.75 Å². The molecule has 8 heteroatoms. The first-order valence-corrected chi connectivity index (χ1v) is 16.1. The van der Waals surface area contributed by atoms with Crippen molar-refractivity contribution in [2.75, 3.05) is 30.1 Å². The molecular weight excluding hydrogens is 677 g/mol. The summed E-state index contributed by atoms with van der Waals surface area (Å²) in [6.07, 6.45) is -0.883. The van der Waals surface area contributed by atoms with Crippen LogP contribution in [0.5, 0.6) is 11.5 Å². The number of methoxy groups -OCH3 is 1. The van der Waals surface area contributed by atoms with Crippen molar-refractivity contribution < 1.29 is 28.5 Å². The number of para-hydroxylation sites is 2. The Labute approximate surface area is 321 Å². The molecule has 0 aliphatic rings. The first-order chi connectivity index (χ1) is 24.5. The van der Waals surface area contributed by atoms with Crippen LogP contribution in [0.25, 0.3) is 11.1 Å². The van der Waals surface area contributed by atoms with Crippen molar-refractivity contribution in [1.29, 1.82) is 0 Å². The first-order valence-electron chi connectivity index (χ1n) is 16.1. The summed E-state index contributed by atoms with van der Waals surface area (Å²) < 4.78 is 20.8. The van der Waals surface area contributed by atoms with Crippen LogP contribution < -0.4 is 19.3 Å². The van der Waals surface area contributed by atoms with Gasteiger partial charge in [0.1, 0.15) is 24.7 Å². The van der Waals surface area contributed by atoms with Crippen molar-refractivity contribution in [2.45, 2.75) is 36.6 Å². The predicted molar refractivity (Wildman–Crippen MR) is 223 cm³/mol. The molecule has 8 nitrogen and oxygen atoms in total. The van der Waals surface area contributed by atoms with Gasteiger partial charge in [0.05, 0.1) is 7.11 Å². The summed E-state index contributed by atoms with van der Waals surface area (Å²) in [7, 11) is 1.67. The molecule has 0 saturated carbocycles. The highest BCUT2D eigenvalue weighted by Crippen LogP contribution is 2.39. The van der Waals surface area contributed by atoms with Crippen molar-refractivity contribution >= 4 is 46.2 Å². The number of carbonyl (C=O) groups is 2. The molecule has 0 saturated heterocycles. The molecule has 0 aliphatic heterocycles. The van der Waals surface area contributed by atoms with Gasteiger partial charge >= 0.3 is 12.1 Å². The highest BCUT2D eigenvalue weighted by atomic mass is 16.7. The van der Waals surface area contributed by atoms with E-state index >= 15 is 0 Å². The molecule has 0 fully saturated rings. The third kappa shape index (κ3) is 11.0. The van der Waals surface area contributed by atoms with Crippen molar-refractivity contribution in [2.24, 2.45) is 0 Å². The highest BCUT2D eigenvalue weighted by Gasteiger charge is 2.16. The third-order valence-corrected chi connectivity index (χ3v) is 7.81. The number of esters is 1. The van der Waals surface area contributed by atoms with E-state index in [0.717, 1.165) is 51.0 Å². The third-order valence-electron chi connectivity index (χ3n) is 7.81. The summed E-state index contributed by atoms with van der Waals surface area (Å²) in [5.41, 5.74) is 7.86. The summed E-state index contributed by atoms with van der Waals surface area (Å²) in [5, 5.41) is 0. The van der Waals surface area contributed by atoms with Crippen molar-refractivity contribution in [3.63, 3.8) is 0 Å².